The average Bonchev–Trinajstić information content (AvgIpc) is 3.35. The van der Waals surface area contributed by atoms with E-state index in [1.165, 1.54) is 141 Å². The first-order chi connectivity index (χ1) is 34.0. The smallest absolute Gasteiger partial charge is 0.306 e. The number of esters is 3. The van der Waals surface area contributed by atoms with Crippen LogP contribution in [0.15, 0.2) is 85.1 Å². The second-order valence-electron chi connectivity index (χ2n) is 19.2. The number of allylic oxidation sites excluding steroid dienone is 14. The summed E-state index contributed by atoms with van der Waals surface area (Å²) in [6, 6.07) is 0. The Hall–Kier alpha value is -3.41. The van der Waals surface area contributed by atoms with Gasteiger partial charge in [-0.15, -0.1) is 0 Å². The summed E-state index contributed by atoms with van der Waals surface area (Å²) in [6.07, 6.45) is 74.4. The van der Waals surface area contributed by atoms with E-state index in [1.807, 2.05) is 0 Å². The van der Waals surface area contributed by atoms with Gasteiger partial charge in [-0.1, -0.05) is 254 Å². The fourth-order valence-corrected chi connectivity index (χ4v) is 8.04. The van der Waals surface area contributed by atoms with E-state index in [0.717, 1.165) is 89.9 Å². The molecule has 0 heterocycles. The zero-order valence-corrected chi connectivity index (χ0v) is 45.3. The van der Waals surface area contributed by atoms with Gasteiger partial charge in [0.15, 0.2) is 6.10 Å². The van der Waals surface area contributed by atoms with Crippen molar-refractivity contribution in [1.29, 1.82) is 0 Å². The predicted molar refractivity (Wildman–Crippen MR) is 297 cm³/mol. The van der Waals surface area contributed by atoms with E-state index in [1.54, 1.807) is 0 Å². The van der Waals surface area contributed by atoms with Crippen molar-refractivity contribution in [2.45, 2.75) is 284 Å². The maximum atomic E-state index is 12.8. The Balaban J connectivity index is 4.48. The molecule has 6 nitrogen and oxygen atoms in total. The zero-order valence-electron chi connectivity index (χ0n) is 45.3. The van der Waals surface area contributed by atoms with Gasteiger partial charge in [0, 0.05) is 19.3 Å². The van der Waals surface area contributed by atoms with Crippen molar-refractivity contribution in [3.8, 4) is 0 Å². The first-order valence-corrected chi connectivity index (χ1v) is 29.1. The van der Waals surface area contributed by atoms with Gasteiger partial charge in [-0.2, -0.15) is 0 Å². The van der Waals surface area contributed by atoms with Crippen molar-refractivity contribution < 1.29 is 28.6 Å². The summed E-state index contributed by atoms with van der Waals surface area (Å²) in [6.45, 7) is 6.47. The van der Waals surface area contributed by atoms with Crippen LogP contribution in [0, 0.1) is 0 Å². The van der Waals surface area contributed by atoms with E-state index in [-0.39, 0.29) is 37.5 Å². The first-order valence-electron chi connectivity index (χ1n) is 29.1. The van der Waals surface area contributed by atoms with Crippen molar-refractivity contribution in [1.82, 2.24) is 0 Å². The third-order valence-electron chi connectivity index (χ3n) is 12.4. The summed E-state index contributed by atoms with van der Waals surface area (Å²) in [5, 5.41) is 0. The van der Waals surface area contributed by atoms with Crippen LogP contribution in [-0.4, -0.2) is 37.2 Å². The molecule has 0 aromatic heterocycles. The van der Waals surface area contributed by atoms with Gasteiger partial charge in [-0.25, -0.2) is 0 Å². The number of hydrogen-bond acceptors (Lipinski definition) is 6. The van der Waals surface area contributed by atoms with E-state index in [9.17, 15) is 14.4 Å². The van der Waals surface area contributed by atoms with Gasteiger partial charge in [0.1, 0.15) is 13.2 Å². The quantitative estimate of drug-likeness (QED) is 0.0262. The number of hydrogen-bond donors (Lipinski definition) is 0. The molecule has 1 unspecified atom stereocenters. The molecular formula is C63H108O6. The van der Waals surface area contributed by atoms with E-state index in [2.05, 4.69) is 106 Å². The molecule has 0 aliphatic carbocycles. The Morgan fingerprint density at radius 2 is 0.580 bits per heavy atom. The summed E-state index contributed by atoms with van der Waals surface area (Å²) in [7, 11) is 0. The van der Waals surface area contributed by atoms with Gasteiger partial charge in [-0.05, 0) is 89.9 Å². The number of carbonyl (C=O) groups excluding carboxylic acids is 3. The molecule has 0 aliphatic heterocycles. The van der Waals surface area contributed by atoms with Gasteiger partial charge >= 0.3 is 17.9 Å². The van der Waals surface area contributed by atoms with Crippen molar-refractivity contribution in [2.24, 2.45) is 0 Å². The number of ether oxygens (including phenoxy) is 3. The van der Waals surface area contributed by atoms with Crippen LogP contribution in [0.4, 0.5) is 0 Å². The molecule has 0 fully saturated rings. The molecule has 0 bridgehead atoms. The van der Waals surface area contributed by atoms with Crippen LogP contribution in [0.25, 0.3) is 0 Å². The highest BCUT2D eigenvalue weighted by Gasteiger charge is 2.19. The predicted octanol–water partition coefficient (Wildman–Crippen LogP) is 19.5. The zero-order chi connectivity index (χ0) is 50.0. The Kier molecular flexibility index (Phi) is 54.3. The number of carbonyl (C=O) groups is 3. The largest absolute Gasteiger partial charge is 0.462 e. The first kappa shape index (κ1) is 65.6. The topological polar surface area (TPSA) is 78.9 Å². The SMILES string of the molecule is CC/C=C\C/C=C\C/C=C\C/C=C\CCCCCC(=O)OCC(COC(=O)CCCCCCCCCCCCCCCCCCCC)OC(=O)CCC/C=C\C/C=C\C/C=C\CCCCCCCC. The lowest BCUT2D eigenvalue weighted by Crippen LogP contribution is -2.30. The van der Waals surface area contributed by atoms with Crippen LogP contribution in [0.2, 0.25) is 0 Å². The van der Waals surface area contributed by atoms with Crippen LogP contribution in [0.5, 0.6) is 0 Å². The molecule has 0 amide bonds. The van der Waals surface area contributed by atoms with E-state index < -0.39 is 6.10 Å². The fraction of sp³-hybridized carbons (Fsp3) is 0.730. The lowest BCUT2D eigenvalue weighted by molar-refractivity contribution is -0.167. The minimum Gasteiger partial charge on any atom is -0.462 e. The molecule has 1 atom stereocenters. The summed E-state index contributed by atoms with van der Waals surface area (Å²) in [5.74, 6) is -0.983. The van der Waals surface area contributed by atoms with Gasteiger partial charge in [0.2, 0.25) is 0 Å². The summed E-state index contributed by atoms with van der Waals surface area (Å²) in [5.41, 5.74) is 0. The molecule has 6 heteroatoms. The van der Waals surface area contributed by atoms with Crippen LogP contribution >= 0.6 is 0 Å². The van der Waals surface area contributed by atoms with E-state index in [4.69, 9.17) is 14.2 Å². The highest BCUT2D eigenvalue weighted by atomic mass is 16.6. The van der Waals surface area contributed by atoms with Crippen LogP contribution in [0.1, 0.15) is 278 Å². The summed E-state index contributed by atoms with van der Waals surface area (Å²) >= 11 is 0. The molecule has 0 aromatic carbocycles. The molecule has 0 aliphatic rings. The molecule has 0 aromatic rings. The van der Waals surface area contributed by atoms with Crippen molar-refractivity contribution in [3.05, 3.63) is 85.1 Å². The molecule has 396 valence electrons. The molecule has 0 saturated carbocycles. The standard InChI is InChI=1S/C63H108O6/c1-4-7-10-13-16-19-22-25-28-31-33-35-38-41-44-47-50-53-56-62(65)68-59-60(58-67-61(64)55-52-49-46-43-40-37-34-30-27-24-21-18-15-12-9-6-3)69-63(66)57-54-51-48-45-42-39-36-32-29-26-23-20-17-14-11-8-5-2/h9,12,18,21,26-27,29-30,36-37,39-40,45,48,60H,4-8,10-11,13-17,19-20,22-25,28,31-35,38,41-44,46-47,49-59H2,1-3H3/b12-9-,21-18-,29-26-,30-27-,39-36-,40-37-,48-45-. The monoisotopic (exact) mass is 961 g/mol. The second kappa shape index (κ2) is 57.2. The summed E-state index contributed by atoms with van der Waals surface area (Å²) in [4.78, 5) is 38.1. The normalized spacial score (nSPS) is 12.7. The average molecular weight is 962 g/mol. The minimum absolute atomic E-state index is 0.105. The lowest BCUT2D eigenvalue weighted by Gasteiger charge is -2.18. The molecule has 69 heavy (non-hydrogen) atoms. The Morgan fingerprint density at radius 1 is 0.304 bits per heavy atom. The maximum absolute atomic E-state index is 12.8. The molecule has 0 rings (SSSR count). The molecule has 0 saturated heterocycles. The number of unbranched alkanes of at least 4 members (excludes halogenated alkanes) is 27. The fourth-order valence-electron chi connectivity index (χ4n) is 8.04. The van der Waals surface area contributed by atoms with Gasteiger partial charge in [-0.3, -0.25) is 14.4 Å². The number of rotatable bonds is 52. The second-order valence-corrected chi connectivity index (χ2v) is 19.2. The van der Waals surface area contributed by atoms with E-state index in [0.29, 0.717) is 19.3 Å². The molecule has 0 N–H and O–H groups in total. The van der Waals surface area contributed by atoms with Crippen molar-refractivity contribution in [2.75, 3.05) is 13.2 Å². The van der Waals surface area contributed by atoms with E-state index >= 15 is 0 Å². The van der Waals surface area contributed by atoms with Gasteiger partial charge in [0.05, 0.1) is 0 Å². The highest BCUT2D eigenvalue weighted by Crippen LogP contribution is 2.16. The Labute approximate surface area is 426 Å². The van der Waals surface area contributed by atoms with Crippen LogP contribution in [0.3, 0.4) is 0 Å². The Morgan fingerprint density at radius 3 is 0.942 bits per heavy atom. The van der Waals surface area contributed by atoms with Crippen LogP contribution in [-0.2, 0) is 28.6 Å². The minimum atomic E-state index is -0.815. The lowest BCUT2D eigenvalue weighted by atomic mass is 10.0. The molecule has 0 radical (unpaired) electrons. The summed E-state index contributed by atoms with van der Waals surface area (Å²) < 4.78 is 16.8. The van der Waals surface area contributed by atoms with Gasteiger partial charge < -0.3 is 14.2 Å². The molecular weight excluding hydrogens is 853 g/mol. The maximum Gasteiger partial charge on any atom is 0.306 e. The molecule has 0 spiro atoms. The van der Waals surface area contributed by atoms with Gasteiger partial charge in [0.25, 0.3) is 0 Å². The third kappa shape index (κ3) is 55.4. The Bertz CT molecular complexity index is 1330. The van der Waals surface area contributed by atoms with Crippen molar-refractivity contribution in [3.63, 3.8) is 0 Å². The highest BCUT2D eigenvalue weighted by molar-refractivity contribution is 5.71. The third-order valence-corrected chi connectivity index (χ3v) is 12.4. The van der Waals surface area contributed by atoms with Crippen molar-refractivity contribution >= 4 is 17.9 Å². The van der Waals surface area contributed by atoms with Crippen LogP contribution < -0.4 is 0 Å².